The molecule has 0 heterocycles. The first-order chi connectivity index (χ1) is 7.45. The Balaban J connectivity index is 2.89. The van der Waals surface area contributed by atoms with Gasteiger partial charge in [-0.3, -0.25) is 0 Å². The van der Waals surface area contributed by atoms with Crippen molar-refractivity contribution in [3.05, 3.63) is 35.4 Å². The van der Waals surface area contributed by atoms with Crippen LogP contribution in [-0.4, -0.2) is 11.7 Å². The highest BCUT2D eigenvalue weighted by Crippen LogP contribution is 2.25. The Bertz CT molecular complexity index is 331. The number of benzene rings is 1. The lowest BCUT2D eigenvalue weighted by Crippen LogP contribution is -2.25. The zero-order valence-electron chi connectivity index (χ0n) is 10.5. The van der Waals surface area contributed by atoms with E-state index in [1.54, 1.807) is 0 Å². The van der Waals surface area contributed by atoms with Gasteiger partial charge in [0.2, 0.25) is 0 Å². The predicted molar refractivity (Wildman–Crippen MR) is 68.2 cm³/mol. The van der Waals surface area contributed by atoms with Crippen LogP contribution in [0.25, 0.3) is 0 Å². The Morgan fingerprint density at radius 3 is 2.62 bits per heavy atom. The minimum atomic E-state index is -0.804. The summed E-state index contributed by atoms with van der Waals surface area (Å²) >= 11 is 0. The zero-order valence-corrected chi connectivity index (χ0v) is 10.5. The van der Waals surface area contributed by atoms with Gasteiger partial charge in [0.15, 0.2) is 0 Å². The molecule has 0 aliphatic heterocycles. The molecule has 1 unspecified atom stereocenters. The third kappa shape index (κ3) is 3.62. The summed E-state index contributed by atoms with van der Waals surface area (Å²) < 4.78 is 0. The van der Waals surface area contributed by atoms with Crippen LogP contribution in [0.4, 0.5) is 0 Å². The standard InChI is InChI=1S/C14H23NO/c1-11(2)9-12-5-4-6-13(10-12)14(3,16)7-8-15/h4-6,10-11,16H,7-9,15H2,1-3H3. The first-order valence-corrected chi connectivity index (χ1v) is 5.97. The van der Waals surface area contributed by atoms with Crippen molar-refractivity contribution < 1.29 is 5.11 Å². The van der Waals surface area contributed by atoms with Gasteiger partial charge in [0.1, 0.15) is 0 Å². The molecule has 0 radical (unpaired) electrons. The molecule has 2 heteroatoms. The van der Waals surface area contributed by atoms with Gasteiger partial charge in [-0.05, 0) is 43.4 Å². The first kappa shape index (κ1) is 13.2. The molecule has 0 fully saturated rings. The summed E-state index contributed by atoms with van der Waals surface area (Å²) in [6, 6.07) is 8.19. The lowest BCUT2D eigenvalue weighted by molar-refractivity contribution is 0.0503. The van der Waals surface area contributed by atoms with E-state index in [0.29, 0.717) is 18.9 Å². The van der Waals surface area contributed by atoms with Crippen LogP contribution in [0.2, 0.25) is 0 Å². The maximum Gasteiger partial charge on any atom is 0.0880 e. The fourth-order valence-electron chi connectivity index (χ4n) is 1.93. The van der Waals surface area contributed by atoms with Crippen LogP contribution >= 0.6 is 0 Å². The van der Waals surface area contributed by atoms with E-state index in [-0.39, 0.29) is 0 Å². The van der Waals surface area contributed by atoms with Crippen molar-refractivity contribution in [2.24, 2.45) is 11.7 Å². The van der Waals surface area contributed by atoms with E-state index in [4.69, 9.17) is 5.73 Å². The van der Waals surface area contributed by atoms with Crippen LogP contribution in [0, 0.1) is 5.92 Å². The highest BCUT2D eigenvalue weighted by molar-refractivity contribution is 5.28. The molecule has 2 nitrogen and oxygen atoms in total. The second-order valence-electron chi connectivity index (χ2n) is 5.11. The van der Waals surface area contributed by atoms with Gasteiger partial charge < -0.3 is 10.8 Å². The van der Waals surface area contributed by atoms with Crippen LogP contribution in [0.15, 0.2) is 24.3 Å². The summed E-state index contributed by atoms with van der Waals surface area (Å²) in [5, 5.41) is 10.3. The lowest BCUT2D eigenvalue weighted by atomic mass is 9.90. The van der Waals surface area contributed by atoms with Crippen molar-refractivity contribution in [2.45, 2.75) is 39.2 Å². The molecule has 0 amide bonds. The Morgan fingerprint density at radius 2 is 2.06 bits per heavy atom. The lowest BCUT2D eigenvalue weighted by Gasteiger charge is -2.23. The van der Waals surface area contributed by atoms with Crippen molar-refractivity contribution in [1.82, 2.24) is 0 Å². The second kappa shape index (κ2) is 5.46. The van der Waals surface area contributed by atoms with E-state index in [9.17, 15) is 5.11 Å². The van der Waals surface area contributed by atoms with Crippen molar-refractivity contribution in [3.63, 3.8) is 0 Å². The highest BCUT2D eigenvalue weighted by atomic mass is 16.3. The summed E-state index contributed by atoms with van der Waals surface area (Å²) in [5.74, 6) is 0.634. The fourth-order valence-corrected chi connectivity index (χ4v) is 1.93. The molecule has 1 atom stereocenters. The third-order valence-corrected chi connectivity index (χ3v) is 2.82. The van der Waals surface area contributed by atoms with Crippen molar-refractivity contribution in [3.8, 4) is 0 Å². The Hall–Kier alpha value is -0.860. The van der Waals surface area contributed by atoms with Crippen LogP contribution < -0.4 is 5.73 Å². The molecule has 0 spiro atoms. The van der Waals surface area contributed by atoms with Gasteiger partial charge in [-0.15, -0.1) is 0 Å². The molecule has 1 aromatic carbocycles. The van der Waals surface area contributed by atoms with E-state index >= 15 is 0 Å². The summed E-state index contributed by atoms with van der Waals surface area (Å²) in [6.45, 7) is 6.73. The van der Waals surface area contributed by atoms with Crippen molar-refractivity contribution >= 4 is 0 Å². The molecule has 1 rings (SSSR count). The van der Waals surface area contributed by atoms with Gasteiger partial charge >= 0.3 is 0 Å². The molecule has 3 N–H and O–H groups in total. The summed E-state index contributed by atoms with van der Waals surface area (Å²) in [4.78, 5) is 0. The van der Waals surface area contributed by atoms with Gasteiger partial charge in [-0.25, -0.2) is 0 Å². The number of rotatable bonds is 5. The largest absolute Gasteiger partial charge is 0.385 e. The first-order valence-electron chi connectivity index (χ1n) is 5.97. The molecule has 0 saturated heterocycles. The Labute approximate surface area is 98.5 Å². The average Bonchev–Trinajstić information content (AvgIpc) is 2.17. The maximum atomic E-state index is 10.3. The predicted octanol–water partition coefficient (Wildman–Crippen LogP) is 2.44. The molecule has 0 saturated carbocycles. The monoisotopic (exact) mass is 221 g/mol. The van der Waals surface area contributed by atoms with Gasteiger partial charge in [0, 0.05) is 0 Å². The average molecular weight is 221 g/mol. The highest BCUT2D eigenvalue weighted by Gasteiger charge is 2.21. The SMILES string of the molecule is CC(C)Cc1cccc(C(C)(O)CCN)c1. The Kier molecular flexibility index (Phi) is 4.51. The van der Waals surface area contributed by atoms with Crippen LogP contribution in [0.5, 0.6) is 0 Å². The second-order valence-corrected chi connectivity index (χ2v) is 5.11. The van der Waals surface area contributed by atoms with Gasteiger partial charge in [-0.1, -0.05) is 38.1 Å². The summed E-state index contributed by atoms with van der Waals surface area (Å²) in [5.41, 5.74) is 6.96. The number of aliphatic hydroxyl groups is 1. The molecule has 0 aliphatic rings. The fraction of sp³-hybridized carbons (Fsp3) is 0.571. The summed E-state index contributed by atoms with van der Waals surface area (Å²) in [6.07, 6.45) is 1.64. The topological polar surface area (TPSA) is 46.2 Å². The third-order valence-electron chi connectivity index (χ3n) is 2.82. The molecule has 16 heavy (non-hydrogen) atoms. The quantitative estimate of drug-likeness (QED) is 0.802. The minimum Gasteiger partial charge on any atom is -0.385 e. The Morgan fingerprint density at radius 1 is 1.38 bits per heavy atom. The van der Waals surface area contributed by atoms with Gasteiger partial charge in [0.05, 0.1) is 5.60 Å². The van der Waals surface area contributed by atoms with Crippen molar-refractivity contribution in [2.75, 3.05) is 6.54 Å². The van der Waals surface area contributed by atoms with E-state index < -0.39 is 5.60 Å². The van der Waals surface area contributed by atoms with E-state index in [1.165, 1.54) is 5.56 Å². The van der Waals surface area contributed by atoms with Crippen molar-refractivity contribution in [1.29, 1.82) is 0 Å². The normalized spacial score (nSPS) is 15.1. The summed E-state index contributed by atoms with van der Waals surface area (Å²) in [7, 11) is 0. The van der Waals surface area contributed by atoms with Crippen LogP contribution in [0.1, 0.15) is 38.3 Å². The molecular formula is C14H23NO. The maximum absolute atomic E-state index is 10.3. The van der Waals surface area contributed by atoms with Gasteiger partial charge in [-0.2, -0.15) is 0 Å². The van der Waals surface area contributed by atoms with E-state index in [0.717, 1.165) is 12.0 Å². The van der Waals surface area contributed by atoms with E-state index in [1.807, 2.05) is 19.1 Å². The van der Waals surface area contributed by atoms with Gasteiger partial charge in [0.25, 0.3) is 0 Å². The number of hydrogen-bond donors (Lipinski definition) is 2. The van der Waals surface area contributed by atoms with Crippen LogP contribution in [-0.2, 0) is 12.0 Å². The smallest absolute Gasteiger partial charge is 0.0880 e. The van der Waals surface area contributed by atoms with Crippen LogP contribution in [0.3, 0.4) is 0 Å². The molecule has 0 aliphatic carbocycles. The molecular weight excluding hydrogens is 198 g/mol. The zero-order chi connectivity index (χ0) is 12.2. The minimum absolute atomic E-state index is 0.501. The van der Waals surface area contributed by atoms with E-state index in [2.05, 4.69) is 26.0 Å². The molecule has 1 aromatic rings. The molecule has 0 bridgehead atoms. The number of nitrogens with two attached hydrogens (primary N) is 1. The molecule has 0 aromatic heterocycles. The number of hydrogen-bond acceptors (Lipinski definition) is 2. The molecule has 90 valence electrons.